The summed E-state index contributed by atoms with van der Waals surface area (Å²) in [7, 11) is -0.609. The summed E-state index contributed by atoms with van der Waals surface area (Å²) >= 11 is 0. The third-order valence-electron chi connectivity index (χ3n) is 3.97. The van der Waals surface area contributed by atoms with Crippen molar-refractivity contribution < 1.29 is 31.1 Å². The predicted octanol–water partition coefficient (Wildman–Crippen LogP) is 2.04. The second kappa shape index (κ2) is 7.80. The lowest BCUT2D eigenvalue weighted by Crippen LogP contribution is -2.46. The Hall–Kier alpha value is -1.85. The number of hydrogen-bond donors (Lipinski definition) is 1. The number of alkyl halides is 3. The van der Waals surface area contributed by atoms with Crippen LogP contribution in [0.15, 0.2) is 24.3 Å². The van der Waals surface area contributed by atoms with E-state index in [0.29, 0.717) is 18.5 Å². The van der Waals surface area contributed by atoms with Crippen molar-refractivity contribution in [2.75, 3.05) is 32.5 Å². The molecular weight excluding hydrogens is 375 g/mol. The highest BCUT2D eigenvalue weighted by atomic mass is 32.2. The van der Waals surface area contributed by atoms with Crippen LogP contribution in [0.3, 0.4) is 0 Å². The van der Waals surface area contributed by atoms with Gasteiger partial charge in [-0.3, -0.25) is 4.79 Å². The minimum absolute atomic E-state index is 0.233. The average molecular weight is 395 g/mol. The van der Waals surface area contributed by atoms with Gasteiger partial charge in [0, 0.05) is 38.8 Å². The Morgan fingerprint density at radius 2 is 1.73 bits per heavy atom. The summed E-state index contributed by atoms with van der Waals surface area (Å²) in [5.41, 5.74) is 0.341. The van der Waals surface area contributed by atoms with Gasteiger partial charge in [-0.1, -0.05) is 0 Å². The molecule has 0 bridgehead atoms. The van der Waals surface area contributed by atoms with Gasteiger partial charge in [-0.15, -0.1) is 13.2 Å². The fourth-order valence-electron chi connectivity index (χ4n) is 2.56. The smallest absolute Gasteiger partial charge is 0.406 e. The first-order valence-electron chi connectivity index (χ1n) is 7.83. The van der Waals surface area contributed by atoms with Gasteiger partial charge in [-0.25, -0.2) is 0 Å². The predicted molar refractivity (Wildman–Crippen MR) is 88.7 cm³/mol. The molecule has 1 heterocycles. The van der Waals surface area contributed by atoms with E-state index in [1.165, 1.54) is 30.5 Å². The van der Waals surface area contributed by atoms with Crippen molar-refractivity contribution in [2.45, 2.75) is 19.2 Å². The molecule has 0 spiro atoms. The minimum Gasteiger partial charge on any atom is -0.406 e. The molecule has 1 saturated heterocycles. The number of hydrogen-bond acceptors (Lipinski definition) is 4. The summed E-state index contributed by atoms with van der Waals surface area (Å²) < 4.78 is 66.6. The van der Waals surface area contributed by atoms with E-state index < -0.39 is 16.6 Å². The lowest BCUT2D eigenvalue weighted by atomic mass is 9.97. The highest BCUT2D eigenvalue weighted by Gasteiger charge is 2.33. The molecule has 26 heavy (non-hydrogen) atoms. The Kier molecular flexibility index (Phi) is 6.14. The molecule has 2 rings (SSSR count). The molecule has 1 fully saturated rings. The topological polar surface area (TPSA) is 79.0 Å². The molecule has 0 aromatic heterocycles. The van der Waals surface area contributed by atoms with Gasteiger partial charge in [0.25, 0.3) is 10.2 Å². The Bertz CT molecular complexity index is 727. The van der Waals surface area contributed by atoms with E-state index in [0.717, 1.165) is 16.4 Å². The summed E-state index contributed by atoms with van der Waals surface area (Å²) in [6, 6.07) is 4.83. The van der Waals surface area contributed by atoms with E-state index in [-0.39, 0.29) is 30.7 Å². The average Bonchev–Trinajstić information content (AvgIpc) is 2.55. The number of piperidine rings is 1. The van der Waals surface area contributed by atoms with Crippen LogP contribution in [-0.4, -0.2) is 56.5 Å². The Labute approximate surface area is 149 Å². The molecule has 146 valence electrons. The largest absolute Gasteiger partial charge is 0.573 e. The molecule has 0 unspecified atom stereocenters. The van der Waals surface area contributed by atoms with E-state index in [1.54, 1.807) is 0 Å². The van der Waals surface area contributed by atoms with Crippen LogP contribution in [0.5, 0.6) is 5.75 Å². The number of halogens is 3. The van der Waals surface area contributed by atoms with Crippen LogP contribution in [0.1, 0.15) is 12.8 Å². The molecule has 11 heteroatoms. The molecule has 1 N–H and O–H groups in total. The summed E-state index contributed by atoms with van der Waals surface area (Å²) in [6.07, 6.45) is -4.03. The fraction of sp³-hybridized carbons (Fsp3) is 0.533. The molecule has 7 nitrogen and oxygen atoms in total. The summed E-state index contributed by atoms with van der Waals surface area (Å²) in [5.74, 6) is -1.04. The SMILES string of the molecule is CN(C)S(=O)(=O)N1CCC(C(=O)Nc2ccc(OC(F)(F)F)cc2)CC1. The number of anilines is 1. The first kappa shape index (κ1) is 20.5. The van der Waals surface area contributed by atoms with Crippen LogP contribution in [0.2, 0.25) is 0 Å². The van der Waals surface area contributed by atoms with E-state index in [4.69, 9.17) is 0 Å². The van der Waals surface area contributed by atoms with Crippen molar-refractivity contribution in [3.05, 3.63) is 24.3 Å². The van der Waals surface area contributed by atoms with Gasteiger partial charge in [-0.05, 0) is 37.1 Å². The number of benzene rings is 1. The number of carbonyl (C=O) groups excluding carboxylic acids is 1. The van der Waals surface area contributed by atoms with Gasteiger partial charge >= 0.3 is 6.36 Å². The van der Waals surface area contributed by atoms with Crippen LogP contribution in [0.25, 0.3) is 0 Å². The van der Waals surface area contributed by atoms with Crippen LogP contribution < -0.4 is 10.1 Å². The van der Waals surface area contributed by atoms with Crippen LogP contribution in [0.4, 0.5) is 18.9 Å². The first-order chi connectivity index (χ1) is 12.0. The Morgan fingerprint density at radius 1 is 1.19 bits per heavy atom. The monoisotopic (exact) mass is 395 g/mol. The van der Waals surface area contributed by atoms with E-state index >= 15 is 0 Å². The molecule has 0 aliphatic carbocycles. The third-order valence-corrected chi connectivity index (χ3v) is 5.91. The van der Waals surface area contributed by atoms with Gasteiger partial charge < -0.3 is 10.1 Å². The summed E-state index contributed by atoms with van der Waals surface area (Å²) in [4.78, 5) is 12.3. The number of ether oxygens (including phenoxy) is 1. The fourth-order valence-corrected chi connectivity index (χ4v) is 3.70. The van der Waals surface area contributed by atoms with Gasteiger partial charge in [0.2, 0.25) is 5.91 Å². The lowest BCUT2D eigenvalue weighted by Gasteiger charge is -2.32. The number of nitrogens with one attached hydrogen (secondary N) is 1. The van der Waals surface area contributed by atoms with Crippen molar-refractivity contribution in [2.24, 2.45) is 5.92 Å². The van der Waals surface area contributed by atoms with Crippen LogP contribution >= 0.6 is 0 Å². The molecular formula is C15H20F3N3O4S. The van der Waals surface area contributed by atoms with Crippen molar-refractivity contribution >= 4 is 21.8 Å². The maximum absolute atomic E-state index is 12.3. The van der Waals surface area contributed by atoms with Gasteiger partial charge in [0.1, 0.15) is 5.75 Å². The van der Waals surface area contributed by atoms with Crippen molar-refractivity contribution in [1.82, 2.24) is 8.61 Å². The van der Waals surface area contributed by atoms with Crippen LogP contribution in [-0.2, 0) is 15.0 Å². The summed E-state index contributed by atoms with van der Waals surface area (Å²) in [6.45, 7) is 0.466. The number of nitrogens with zero attached hydrogens (tertiary/aromatic N) is 2. The molecule has 1 aliphatic heterocycles. The molecule has 1 aliphatic rings. The van der Waals surface area contributed by atoms with E-state index in [2.05, 4.69) is 10.1 Å². The van der Waals surface area contributed by atoms with Crippen LogP contribution in [0, 0.1) is 5.92 Å². The molecule has 1 aromatic carbocycles. The maximum atomic E-state index is 12.3. The molecule has 0 saturated carbocycles. The van der Waals surface area contributed by atoms with Gasteiger partial charge in [0.05, 0.1) is 0 Å². The second-order valence-electron chi connectivity index (χ2n) is 6.02. The van der Waals surface area contributed by atoms with Gasteiger partial charge in [-0.2, -0.15) is 17.0 Å². The summed E-state index contributed by atoms with van der Waals surface area (Å²) in [5, 5.41) is 2.62. The minimum atomic E-state index is -4.77. The lowest BCUT2D eigenvalue weighted by molar-refractivity contribution is -0.274. The molecule has 0 atom stereocenters. The highest BCUT2D eigenvalue weighted by Crippen LogP contribution is 2.25. The zero-order valence-electron chi connectivity index (χ0n) is 14.3. The maximum Gasteiger partial charge on any atom is 0.573 e. The van der Waals surface area contributed by atoms with Crippen molar-refractivity contribution in [3.8, 4) is 5.75 Å². The Morgan fingerprint density at radius 3 is 2.19 bits per heavy atom. The second-order valence-corrected chi connectivity index (χ2v) is 8.17. The van der Waals surface area contributed by atoms with Gasteiger partial charge in [0.15, 0.2) is 0 Å². The zero-order chi connectivity index (χ0) is 19.5. The van der Waals surface area contributed by atoms with E-state index in [1.807, 2.05) is 0 Å². The van der Waals surface area contributed by atoms with Crippen molar-refractivity contribution in [1.29, 1.82) is 0 Å². The first-order valence-corrected chi connectivity index (χ1v) is 9.23. The molecule has 0 radical (unpaired) electrons. The highest BCUT2D eigenvalue weighted by molar-refractivity contribution is 7.86. The van der Waals surface area contributed by atoms with E-state index in [9.17, 15) is 26.4 Å². The number of rotatable bonds is 5. The number of carbonyl (C=O) groups is 1. The third kappa shape index (κ3) is 5.32. The van der Waals surface area contributed by atoms with Crippen molar-refractivity contribution in [3.63, 3.8) is 0 Å². The molecule has 1 amide bonds. The number of amides is 1. The zero-order valence-corrected chi connectivity index (χ0v) is 15.1. The molecule has 1 aromatic rings. The normalized spacial score (nSPS) is 17.3. The quantitative estimate of drug-likeness (QED) is 0.828. The Balaban J connectivity index is 1.89. The standard InChI is InChI=1S/C15H20F3N3O4S/c1-20(2)26(23,24)21-9-7-11(8-10-21)14(22)19-12-3-5-13(6-4-12)25-15(16,17)18/h3-6,11H,7-10H2,1-2H3,(H,19,22).